The van der Waals surface area contributed by atoms with Crippen LogP contribution in [0.2, 0.25) is 0 Å². The first-order chi connectivity index (χ1) is 9.84. The number of nitrogens with one attached hydrogen (secondary N) is 2. The van der Waals surface area contributed by atoms with Crippen molar-refractivity contribution >= 4 is 16.8 Å². The summed E-state index contributed by atoms with van der Waals surface area (Å²) in [5.74, 6) is -0.0507. The fraction of sp³-hybridized carbons (Fsp3) is 0.429. The molecule has 0 bridgehead atoms. The maximum absolute atomic E-state index is 12.2. The molecule has 6 heteroatoms. The van der Waals surface area contributed by atoms with Crippen LogP contribution in [0.1, 0.15) is 10.4 Å². The van der Waals surface area contributed by atoms with E-state index in [0.717, 1.165) is 43.8 Å². The van der Waals surface area contributed by atoms with Crippen molar-refractivity contribution in [3.63, 3.8) is 0 Å². The number of aromatic nitrogens is 2. The minimum absolute atomic E-state index is 0.0507. The van der Waals surface area contributed by atoms with Gasteiger partial charge in [-0.05, 0) is 12.1 Å². The van der Waals surface area contributed by atoms with Crippen LogP contribution in [0.4, 0.5) is 0 Å². The minimum Gasteiger partial charge on any atom is -0.379 e. The quantitative estimate of drug-likeness (QED) is 0.857. The molecule has 0 aliphatic carbocycles. The normalized spacial score (nSPS) is 16.4. The molecule has 2 heterocycles. The van der Waals surface area contributed by atoms with E-state index < -0.39 is 0 Å². The third-order valence-corrected chi connectivity index (χ3v) is 3.55. The standard InChI is InChI=1S/C14H18N4O2/c19-14(15-4-5-18-6-8-20-9-7-18)11-2-1-3-13-12(11)10-16-17-13/h1-3,10H,4-9H2,(H,15,19)(H,16,17). The summed E-state index contributed by atoms with van der Waals surface area (Å²) in [5.41, 5.74) is 1.55. The van der Waals surface area contributed by atoms with Crippen molar-refractivity contribution in [3.05, 3.63) is 30.0 Å². The van der Waals surface area contributed by atoms with Crippen molar-refractivity contribution in [1.29, 1.82) is 0 Å². The number of H-pyrrole nitrogens is 1. The second-order valence-corrected chi connectivity index (χ2v) is 4.85. The summed E-state index contributed by atoms with van der Waals surface area (Å²) in [5, 5.41) is 10.7. The maximum atomic E-state index is 12.2. The monoisotopic (exact) mass is 274 g/mol. The zero-order valence-electron chi connectivity index (χ0n) is 11.3. The average molecular weight is 274 g/mol. The Hall–Kier alpha value is -1.92. The van der Waals surface area contributed by atoms with Crippen LogP contribution in [0.15, 0.2) is 24.4 Å². The number of amides is 1. The van der Waals surface area contributed by atoms with Gasteiger partial charge in [-0.1, -0.05) is 6.07 Å². The Morgan fingerprint density at radius 2 is 2.25 bits per heavy atom. The summed E-state index contributed by atoms with van der Waals surface area (Å²) in [7, 11) is 0. The van der Waals surface area contributed by atoms with Crippen molar-refractivity contribution in [1.82, 2.24) is 20.4 Å². The van der Waals surface area contributed by atoms with Gasteiger partial charge in [0, 0.05) is 31.6 Å². The van der Waals surface area contributed by atoms with E-state index >= 15 is 0 Å². The lowest BCUT2D eigenvalue weighted by molar-refractivity contribution is 0.0383. The number of nitrogens with zero attached hydrogens (tertiary/aromatic N) is 2. The molecule has 1 fully saturated rings. The second-order valence-electron chi connectivity index (χ2n) is 4.85. The van der Waals surface area contributed by atoms with E-state index in [9.17, 15) is 4.79 Å². The molecule has 0 radical (unpaired) electrons. The van der Waals surface area contributed by atoms with Gasteiger partial charge in [-0.15, -0.1) is 0 Å². The third-order valence-electron chi connectivity index (χ3n) is 3.55. The van der Waals surface area contributed by atoms with Crippen molar-refractivity contribution in [2.75, 3.05) is 39.4 Å². The second kappa shape index (κ2) is 6.02. The average Bonchev–Trinajstić information content (AvgIpc) is 2.96. The number of ether oxygens (including phenoxy) is 1. The molecule has 1 saturated heterocycles. The zero-order valence-corrected chi connectivity index (χ0v) is 11.3. The van der Waals surface area contributed by atoms with Gasteiger partial charge in [0.25, 0.3) is 5.91 Å². The van der Waals surface area contributed by atoms with Gasteiger partial charge >= 0.3 is 0 Å². The zero-order chi connectivity index (χ0) is 13.8. The Balaban J connectivity index is 1.57. The van der Waals surface area contributed by atoms with E-state index in [0.29, 0.717) is 12.1 Å². The highest BCUT2D eigenvalue weighted by molar-refractivity contribution is 6.05. The van der Waals surface area contributed by atoms with Crippen molar-refractivity contribution in [2.24, 2.45) is 0 Å². The van der Waals surface area contributed by atoms with Gasteiger partial charge in [0.2, 0.25) is 0 Å². The molecule has 0 saturated carbocycles. The Kier molecular flexibility index (Phi) is 3.94. The molecule has 6 nitrogen and oxygen atoms in total. The fourth-order valence-corrected chi connectivity index (χ4v) is 2.41. The van der Waals surface area contributed by atoms with Crippen molar-refractivity contribution < 1.29 is 9.53 Å². The molecule has 3 rings (SSSR count). The van der Waals surface area contributed by atoms with Gasteiger partial charge < -0.3 is 10.1 Å². The smallest absolute Gasteiger partial charge is 0.252 e. The number of morpholine rings is 1. The van der Waals surface area contributed by atoms with Gasteiger partial charge in [-0.2, -0.15) is 5.10 Å². The van der Waals surface area contributed by atoms with Crippen LogP contribution < -0.4 is 5.32 Å². The van der Waals surface area contributed by atoms with E-state index in [1.54, 1.807) is 6.20 Å². The van der Waals surface area contributed by atoms with E-state index in [-0.39, 0.29) is 5.91 Å². The highest BCUT2D eigenvalue weighted by atomic mass is 16.5. The molecule has 0 spiro atoms. The number of carbonyl (C=O) groups excluding carboxylic acids is 1. The van der Waals surface area contributed by atoms with Crippen LogP contribution in [0.25, 0.3) is 10.9 Å². The first-order valence-electron chi connectivity index (χ1n) is 6.85. The molecule has 1 aliphatic rings. The lowest BCUT2D eigenvalue weighted by Crippen LogP contribution is -2.41. The molecule has 0 unspecified atom stereocenters. The van der Waals surface area contributed by atoms with Gasteiger partial charge in [-0.3, -0.25) is 14.8 Å². The summed E-state index contributed by atoms with van der Waals surface area (Å²) in [6, 6.07) is 5.59. The van der Waals surface area contributed by atoms with Crippen LogP contribution in [0.5, 0.6) is 0 Å². The van der Waals surface area contributed by atoms with Crippen LogP contribution in [-0.2, 0) is 4.74 Å². The molecule has 20 heavy (non-hydrogen) atoms. The predicted octanol–water partition coefficient (Wildman–Crippen LogP) is 0.625. The molecule has 106 valence electrons. The Morgan fingerprint density at radius 1 is 1.40 bits per heavy atom. The molecular formula is C14H18N4O2. The van der Waals surface area contributed by atoms with Crippen LogP contribution in [0.3, 0.4) is 0 Å². The predicted molar refractivity (Wildman–Crippen MR) is 75.7 cm³/mol. The van der Waals surface area contributed by atoms with Gasteiger partial charge in [-0.25, -0.2) is 0 Å². The van der Waals surface area contributed by atoms with Crippen LogP contribution in [0, 0.1) is 0 Å². The summed E-state index contributed by atoms with van der Waals surface area (Å²) >= 11 is 0. The number of rotatable bonds is 4. The van der Waals surface area contributed by atoms with Gasteiger partial charge in [0.15, 0.2) is 0 Å². The molecular weight excluding hydrogens is 256 g/mol. The first-order valence-corrected chi connectivity index (χ1v) is 6.85. The lowest BCUT2D eigenvalue weighted by Gasteiger charge is -2.26. The Morgan fingerprint density at radius 3 is 3.10 bits per heavy atom. The fourth-order valence-electron chi connectivity index (χ4n) is 2.41. The van der Waals surface area contributed by atoms with E-state index in [2.05, 4.69) is 20.4 Å². The summed E-state index contributed by atoms with van der Waals surface area (Å²) < 4.78 is 5.30. The minimum atomic E-state index is -0.0507. The molecule has 1 amide bonds. The first kappa shape index (κ1) is 13.1. The summed E-state index contributed by atoms with van der Waals surface area (Å²) in [6.07, 6.45) is 1.69. The van der Waals surface area contributed by atoms with E-state index in [1.165, 1.54) is 0 Å². The number of fused-ring (bicyclic) bond motifs is 1. The maximum Gasteiger partial charge on any atom is 0.252 e. The molecule has 1 aromatic carbocycles. The number of carbonyl (C=O) groups is 1. The van der Waals surface area contributed by atoms with Gasteiger partial charge in [0.05, 0.1) is 30.5 Å². The lowest BCUT2D eigenvalue weighted by atomic mass is 10.1. The van der Waals surface area contributed by atoms with Gasteiger partial charge in [0.1, 0.15) is 0 Å². The largest absolute Gasteiger partial charge is 0.379 e. The molecule has 1 aliphatic heterocycles. The SMILES string of the molecule is O=C(NCCN1CCOCC1)c1cccc2[nH]ncc12. The molecule has 0 atom stereocenters. The van der Waals surface area contributed by atoms with E-state index in [4.69, 9.17) is 4.74 Å². The Bertz CT molecular complexity index is 590. The number of benzene rings is 1. The summed E-state index contributed by atoms with van der Waals surface area (Å²) in [6.45, 7) is 4.94. The Labute approximate surface area is 117 Å². The highest BCUT2D eigenvalue weighted by Gasteiger charge is 2.12. The number of hydrogen-bond acceptors (Lipinski definition) is 4. The topological polar surface area (TPSA) is 70.2 Å². The molecule has 2 N–H and O–H groups in total. The highest BCUT2D eigenvalue weighted by Crippen LogP contribution is 2.15. The molecule has 1 aromatic heterocycles. The van der Waals surface area contributed by atoms with Crippen molar-refractivity contribution in [3.8, 4) is 0 Å². The number of aromatic amines is 1. The third kappa shape index (κ3) is 2.81. The van der Waals surface area contributed by atoms with Crippen molar-refractivity contribution in [2.45, 2.75) is 0 Å². The van der Waals surface area contributed by atoms with E-state index in [1.807, 2.05) is 18.2 Å². The molecule has 2 aromatic rings. The van der Waals surface area contributed by atoms with Crippen LogP contribution in [-0.4, -0.2) is 60.4 Å². The summed E-state index contributed by atoms with van der Waals surface area (Å²) in [4.78, 5) is 14.5. The van der Waals surface area contributed by atoms with Crippen LogP contribution >= 0.6 is 0 Å². The number of hydrogen-bond donors (Lipinski definition) is 2.